The molecule has 3 aromatic rings. The van der Waals surface area contributed by atoms with Crippen LogP contribution in [0.3, 0.4) is 0 Å². The molecular formula is C31H33F6N3O3S. The van der Waals surface area contributed by atoms with E-state index in [1.165, 1.54) is 16.2 Å². The minimum Gasteiger partial charge on any atom is -0.495 e. The zero-order valence-corrected chi connectivity index (χ0v) is 25.3. The molecule has 6 nitrogen and oxygen atoms in total. The predicted molar refractivity (Wildman–Crippen MR) is 155 cm³/mol. The van der Waals surface area contributed by atoms with E-state index >= 15 is 0 Å². The van der Waals surface area contributed by atoms with E-state index in [1.54, 1.807) is 20.2 Å². The molecule has 1 saturated heterocycles. The van der Waals surface area contributed by atoms with E-state index in [-0.39, 0.29) is 24.2 Å². The molecule has 44 heavy (non-hydrogen) atoms. The first-order valence-electron chi connectivity index (χ1n) is 14.5. The molecule has 0 N–H and O–H groups in total. The van der Waals surface area contributed by atoms with E-state index in [4.69, 9.17) is 14.5 Å². The number of rotatable bonds is 8. The fourth-order valence-electron chi connectivity index (χ4n) is 6.13. The minimum absolute atomic E-state index is 0.00528. The second-order valence-electron chi connectivity index (χ2n) is 11.1. The third kappa shape index (κ3) is 6.47. The maximum Gasteiger partial charge on any atom is 0.416 e. The van der Waals surface area contributed by atoms with Crippen LogP contribution in [0.15, 0.2) is 41.9 Å². The smallest absolute Gasteiger partial charge is 0.416 e. The molecule has 0 unspecified atom stereocenters. The lowest BCUT2D eigenvalue weighted by atomic mass is 9.93. The standard InChI is InChI=1S/C31H33F6N3O3S/c1-4-39(24-8-6-5-7-9-24)28-21(12-20(16-38-28)27-25(42-3)10-11-44-27)17-40-18(2)26(43-29(40)41)19-13-22(30(32,33)34)15-23(14-19)31(35,36)37/h10-16,18,24,26H,4-9,17H2,1-3H3/t18-,26-/m0/s1. The number of carbonyl (C=O) groups excluding carboxylic acids is 1. The van der Waals surface area contributed by atoms with E-state index < -0.39 is 41.7 Å². The number of halogens is 6. The Morgan fingerprint density at radius 2 is 1.70 bits per heavy atom. The van der Waals surface area contributed by atoms with Gasteiger partial charge in [0.25, 0.3) is 0 Å². The van der Waals surface area contributed by atoms with Crippen LogP contribution in [0.1, 0.15) is 74.3 Å². The van der Waals surface area contributed by atoms with Gasteiger partial charge in [0.15, 0.2) is 0 Å². The van der Waals surface area contributed by atoms with Gasteiger partial charge in [-0.1, -0.05) is 19.3 Å². The maximum atomic E-state index is 13.6. The van der Waals surface area contributed by atoms with Gasteiger partial charge in [-0.3, -0.25) is 4.90 Å². The molecule has 238 valence electrons. The fraction of sp³-hybridized carbons (Fsp3) is 0.484. The van der Waals surface area contributed by atoms with Crippen molar-refractivity contribution in [2.75, 3.05) is 18.6 Å². The summed E-state index contributed by atoms with van der Waals surface area (Å²) < 4.78 is 92.4. The summed E-state index contributed by atoms with van der Waals surface area (Å²) in [6, 6.07) is 4.44. The highest BCUT2D eigenvalue weighted by atomic mass is 32.1. The molecule has 2 atom stereocenters. The van der Waals surface area contributed by atoms with Crippen molar-refractivity contribution in [2.45, 2.75) is 83.0 Å². The summed E-state index contributed by atoms with van der Waals surface area (Å²) in [6.45, 7) is 4.25. The normalized spacial score (nSPS) is 19.8. The largest absolute Gasteiger partial charge is 0.495 e. The first kappa shape index (κ1) is 31.9. The van der Waals surface area contributed by atoms with Crippen molar-refractivity contribution >= 4 is 23.2 Å². The van der Waals surface area contributed by atoms with E-state index in [2.05, 4.69) is 4.90 Å². The molecule has 5 rings (SSSR count). The lowest BCUT2D eigenvalue weighted by Crippen LogP contribution is -2.39. The van der Waals surface area contributed by atoms with Gasteiger partial charge in [-0.2, -0.15) is 26.3 Å². The molecule has 1 aliphatic heterocycles. The van der Waals surface area contributed by atoms with Gasteiger partial charge in [0.2, 0.25) is 0 Å². The highest BCUT2D eigenvalue weighted by Gasteiger charge is 2.43. The Morgan fingerprint density at radius 1 is 1.05 bits per heavy atom. The topological polar surface area (TPSA) is 54.9 Å². The molecular weight excluding hydrogens is 608 g/mol. The third-order valence-electron chi connectivity index (χ3n) is 8.35. The van der Waals surface area contributed by atoms with Crippen LogP contribution in [-0.4, -0.2) is 41.7 Å². The van der Waals surface area contributed by atoms with Crippen molar-refractivity contribution < 1.29 is 40.6 Å². The van der Waals surface area contributed by atoms with Crippen molar-refractivity contribution in [1.82, 2.24) is 9.88 Å². The van der Waals surface area contributed by atoms with Gasteiger partial charge in [-0.05, 0) is 68.0 Å². The number of hydrogen-bond acceptors (Lipinski definition) is 6. The molecule has 13 heteroatoms. The molecule has 2 fully saturated rings. The number of carbonyl (C=O) groups is 1. The van der Waals surface area contributed by atoms with Crippen LogP contribution in [0.2, 0.25) is 0 Å². The maximum absolute atomic E-state index is 13.6. The molecule has 1 amide bonds. The first-order valence-corrected chi connectivity index (χ1v) is 15.3. The summed E-state index contributed by atoms with van der Waals surface area (Å²) >= 11 is 1.46. The van der Waals surface area contributed by atoms with Crippen molar-refractivity contribution in [2.24, 2.45) is 0 Å². The summed E-state index contributed by atoms with van der Waals surface area (Å²) in [7, 11) is 1.57. The number of cyclic esters (lactones) is 1. The number of methoxy groups -OCH3 is 1. The Morgan fingerprint density at radius 3 is 2.30 bits per heavy atom. The van der Waals surface area contributed by atoms with E-state index in [0.29, 0.717) is 35.8 Å². The second kappa shape index (κ2) is 12.5. The Kier molecular flexibility index (Phi) is 9.06. The summed E-state index contributed by atoms with van der Waals surface area (Å²) in [5.74, 6) is 1.34. The minimum atomic E-state index is -5.02. The van der Waals surface area contributed by atoms with Gasteiger partial charge in [0, 0.05) is 29.9 Å². The monoisotopic (exact) mass is 641 g/mol. The summed E-state index contributed by atoms with van der Waals surface area (Å²) in [4.78, 5) is 22.5. The number of benzene rings is 1. The number of nitrogens with zero attached hydrogens (tertiary/aromatic N) is 3. The number of pyridine rings is 1. The Labute approximate surface area is 255 Å². The summed E-state index contributed by atoms with van der Waals surface area (Å²) in [5.41, 5.74) is -1.84. The van der Waals surface area contributed by atoms with Crippen LogP contribution in [0.25, 0.3) is 10.4 Å². The molecule has 0 bridgehead atoms. The molecule has 0 spiro atoms. The van der Waals surface area contributed by atoms with Crippen molar-refractivity contribution in [1.29, 1.82) is 0 Å². The number of ether oxygens (including phenoxy) is 2. The summed E-state index contributed by atoms with van der Waals surface area (Å²) in [5, 5.41) is 1.89. The second-order valence-corrected chi connectivity index (χ2v) is 12.0. The van der Waals surface area contributed by atoms with E-state index in [0.717, 1.165) is 42.5 Å². The van der Waals surface area contributed by atoms with Crippen LogP contribution < -0.4 is 9.64 Å². The van der Waals surface area contributed by atoms with Gasteiger partial charge < -0.3 is 14.4 Å². The van der Waals surface area contributed by atoms with Crippen molar-refractivity contribution in [3.05, 3.63) is 64.2 Å². The number of amides is 1. The van der Waals surface area contributed by atoms with Crippen molar-refractivity contribution in [3.8, 4) is 16.2 Å². The molecule has 3 heterocycles. The molecule has 1 saturated carbocycles. The molecule has 1 aromatic carbocycles. The average molecular weight is 642 g/mol. The number of aromatic nitrogens is 1. The Balaban J connectivity index is 1.53. The van der Waals surface area contributed by atoms with E-state index in [9.17, 15) is 31.1 Å². The zero-order valence-electron chi connectivity index (χ0n) is 24.5. The number of alkyl halides is 6. The number of hydrogen-bond donors (Lipinski definition) is 0. The fourth-order valence-corrected chi connectivity index (χ4v) is 6.97. The van der Waals surface area contributed by atoms with Crippen LogP contribution in [-0.2, 0) is 23.6 Å². The summed E-state index contributed by atoms with van der Waals surface area (Å²) in [6.07, 6.45) is -5.12. The number of anilines is 1. The first-order chi connectivity index (χ1) is 20.8. The van der Waals surface area contributed by atoms with Crippen molar-refractivity contribution in [3.63, 3.8) is 0 Å². The predicted octanol–water partition coefficient (Wildman–Crippen LogP) is 9.10. The Bertz CT molecular complexity index is 1450. The lowest BCUT2D eigenvalue weighted by molar-refractivity contribution is -0.143. The lowest BCUT2D eigenvalue weighted by Gasteiger charge is -2.36. The number of thiophene rings is 1. The highest BCUT2D eigenvalue weighted by molar-refractivity contribution is 7.14. The molecule has 2 aromatic heterocycles. The zero-order chi connectivity index (χ0) is 31.8. The molecule has 0 radical (unpaired) electrons. The van der Waals surface area contributed by atoms with Gasteiger partial charge in [0.1, 0.15) is 17.7 Å². The molecule has 2 aliphatic rings. The van der Waals surface area contributed by atoms with Crippen LogP contribution in [0.4, 0.5) is 37.0 Å². The van der Waals surface area contributed by atoms with Gasteiger partial charge in [-0.15, -0.1) is 11.3 Å². The van der Waals surface area contributed by atoms with Gasteiger partial charge >= 0.3 is 18.4 Å². The van der Waals surface area contributed by atoms with E-state index in [1.807, 2.05) is 24.4 Å². The van der Waals surface area contributed by atoms with Crippen LogP contribution >= 0.6 is 11.3 Å². The Hall–Kier alpha value is -3.48. The molecule has 1 aliphatic carbocycles. The highest BCUT2D eigenvalue weighted by Crippen LogP contribution is 2.42. The van der Waals surface area contributed by atoms with Gasteiger partial charge in [0.05, 0.1) is 35.7 Å². The van der Waals surface area contributed by atoms with Crippen LogP contribution in [0, 0.1) is 0 Å². The quantitative estimate of drug-likeness (QED) is 0.230. The third-order valence-corrected chi connectivity index (χ3v) is 9.30. The van der Waals surface area contributed by atoms with Crippen LogP contribution in [0.5, 0.6) is 5.75 Å². The average Bonchev–Trinajstić information content (AvgIpc) is 3.58. The van der Waals surface area contributed by atoms with Gasteiger partial charge in [-0.25, -0.2) is 9.78 Å². The SMILES string of the molecule is CCN(c1ncc(-c2sccc2OC)cc1CN1C(=O)O[C@H](c2cc(C(F)(F)F)cc(C(F)(F)F)c2)[C@@H]1C)C1CCCCC1.